The van der Waals surface area contributed by atoms with Gasteiger partial charge >= 0.3 is 0 Å². The molecular formula is C41H67N9O13Y-2. The fourth-order valence-electron chi connectivity index (χ4n) is 6.03. The van der Waals surface area contributed by atoms with Gasteiger partial charge in [0.25, 0.3) is 0 Å². The molecule has 9 amide bonds. The number of aliphatic hydroxyl groups is 2. The normalized spacial score (nSPS) is 16.6. The summed E-state index contributed by atoms with van der Waals surface area (Å²) in [4.78, 5) is 144. The molecule has 64 heavy (non-hydrogen) atoms. The maximum atomic E-state index is 13.9. The van der Waals surface area contributed by atoms with Gasteiger partial charge in [0.15, 0.2) is 0 Å². The van der Waals surface area contributed by atoms with E-state index in [1.54, 1.807) is 26.0 Å². The van der Waals surface area contributed by atoms with Crippen molar-refractivity contribution in [3.63, 3.8) is 0 Å². The molecule has 0 aromatic rings. The van der Waals surface area contributed by atoms with Gasteiger partial charge in [0, 0.05) is 60.9 Å². The zero-order valence-electron chi connectivity index (χ0n) is 39.2. The molecule has 0 unspecified atom stereocenters. The first kappa shape index (κ1) is 61.4. The van der Waals surface area contributed by atoms with E-state index in [2.05, 4.69) is 26.6 Å². The average Bonchev–Trinajstić information content (AvgIpc) is 3.24. The summed E-state index contributed by atoms with van der Waals surface area (Å²) >= 11 is 0. The second-order valence-corrected chi connectivity index (χ2v) is 15.7. The monoisotopic (exact) mass is 982 g/mol. The molecule has 12 atom stereocenters. The number of aliphatic hydroxyl groups excluding tert-OH is 2. The second-order valence-electron chi connectivity index (χ2n) is 15.7. The molecule has 23 heteroatoms. The third kappa shape index (κ3) is 17.7. The van der Waals surface area contributed by atoms with E-state index >= 15 is 0 Å². The van der Waals surface area contributed by atoms with Gasteiger partial charge in [0.05, 0.1) is 18.2 Å². The van der Waals surface area contributed by atoms with E-state index in [1.165, 1.54) is 96.3 Å². The molecule has 0 heterocycles. The molecule has 0 aromatic carbocycles. The van der Waals surface area contributed by atoms with Crippen LogP contribution in [-0.2, 0) is 85.4 Å². The van der Waals surface area contributed by atoms with Gasteiger partial charge in [-0.3, -0.25) is 49.4 Å². The molecule has 0 saturated heterocycles. The van der Waals surface area contributed by atoms with Crippen molar-refractivity contribution in [2.45, 2.75) is 149 Å². The van der Waals surface area contributed by atoms with Gasteiger partial charge in [-0.1, -0.05) is 25.5 Å². The molecule has 0 spiro atoms. The Labute approximate surface area is 400 Å². The SMILES string of the molecule is C/C=C/C[C@@H](C)[C@@H](O)[C@@H](C(=O)N[C@H](C(=O)C[C-]=O)[C@@H](C)O)N(C)C(=O)[C@H](C)N(C)C(=O)[C@H](C)NC(=O)[C@H](C)N(C)C(=O)[C@@H](C)NC(=O)[C@H](C)NC(=O)[C@H](C)N(C)C(=O)[C@H](C)N[C-]=O.[Y]. The predicted octanol–water partition coefficient (Wildman–Crippen LogP) is -3.19. The van der Waals surface area contributed by atoms with Crippen LogP contribution in [0, 0.1) is 5.92 Å². The van der Waals surface area contributed by atoms with Crippen LogP contribution in [0.5, 0.6) is 0 Å². The number of likely N-dealkylation sites (N-methyl/N-ethyl adjacent to an activating group) is 4. The zero-order chi connectivity index (χ0) is 49.2. The van der Waals surface area contributed by atoms with Gasteiger partial charge in [0.1, 0.15) is 54.1 Å². The van der Waals surface area contributed by atoms with Gasteiger partial charge in [0.2, 0.25) is 47.3 Å². The maximum Gasteiger partial charge on any atom is 0.246 e. The first-order valence-electron chi connectivity index (χ1n) is 20.4. The maximum absolute atomic E-state index is 13.9. The number of ketones is 1. The number of Topliss-reactive ketones (excluding diaryl/α,β-unsaturated/α-hetero) is 1. The predicted molar refractivity (Wildman–Crippen MR) is 228 cm³/mol. The van der Waals surface area contributed by atoms with E-state index in [4.69, 9.17) is 0 Å². The first-order valence-corrected chi connectivity index (χ1v) is 20.4. The minimum atomic E-state index is -1.63. The van der Waals surface area contributed by atoms with E-state index in [-0.39, 0.29) is 32.7 Å². The van der Waals surface area contributed by atoms with Crippen molar-refractivity contribution in [3.05, 3.63) is 12.2 Å². The molecule has 22 nitrogen and oxygen atoms in total. The fraction of sp³-hybridized carbons (Fsp3) is 0.683. The van der Waals surface area contributed by atoms with Crippen LogP contribution in [0.4, 0.5) is 0 Å². The number of hydrogen-bond donors (Lipinski definition) is 7. The molecular weight excluding hydrogens is 915 g/mol. The van der Waals surface area contributed by atoms with Crippen LogP contribution >= 0.6 is 0 Å². The summed E-state index contributed by atoms with van der Waals surface area (Å²) in [5.74, 6) is -7.54. The quantitative estimate of drug-likeness (QED) is 0.0195. The number of allylic oxidation sites excluding steroid dienone is 2. The second kappa shape index (κ2) is 29.0. The van der Waals surface area contributed by atoms with Crippen LogP contribution in [0.15, 0.2) is 12.2 Å². The third-order valence-electron chi connectivity index (χ3n) is 10.8. The first-order chi connectivity index (χ1) is 29.1. The van der Waals surface area contributed by atoms with Crippen LogP contribution in [0.3, 0.4) is 0 Å². The Kier molecular flexibility index (Phi) is 27.8. The van der Waals surface area contributed by atoms with Crippen LogP contribution in [0.1, 0.15) is 82.1 Å². The minimum Gasteiger partial charge on any atom is -0.541 e. The zero-order valence-corrected chi connectivity index (χ0v) is 42.1. The van der Waals surface area contributed by atoms with Crippen LogP contribution < -0.4 is 26.6 Å². The molecule has 0 aromatic heterocycles. The molecule has 0 bridgehead atoms. The average molecular weight is 983 g/mol. The van der Waals surface area contributed by atoms with Gasteiger partial charge in [-0.2, -0.15) is 6.41 Å². The smallest absolute Gasteiger partial charge is 0.246 e. The van der Waals surface area contributed by atoms with Crippen LogP contribution in [-0.4, -0.2) is 190 Å². The van der Waals surface area contributed by atoms with Crippen molar-refractivity contribution >= 4 is 65.7 Å². The number of nitrogens with one attached hydrogen (secondary N) is 5. The summed E-state index contributed by atoms with van der Waals surface area (Å²) < 4.78 is 0. The molecule has 7 N–H and O–H groups in total. The van der Waals surface area contributed by atoms with Crippen molar-refractivity contribution in [2.75, 3.05) is 28.2 Å². The van der Waals surface area contributed by atoms with E-state index < -0.39 is 132 Å². The van der Waals surface area contributed by atoms with Gasteiger partial charge in [-0.05, 0) is 74.7 Å². The van der Waals surface area contributed by atoms with E-state index in [1.807, 2.05) is 0 Å². The number of rotatable bonds is 26. The Morgan fingerprint density at radius 2 is 0.984 bits per heavy atom. The van der Waals surface area contributed by atoms with Gasteiger partial charge in [-0.25, -0.2) is 0 Å². The standard InChI is InChI=1S/C41H67N9O13.Y/c1-15-16-17-21(2)33(55)32(37(59)46-31(29(10)53)30(54)18-19-51)50(14)41(63)28(9)49(13)40(62)25(6)45-36(58)27(8)48(12)39(61)24(5)44-34(56)22(3)43-35(57)26(7)47(11)38(60)23(4)42-20-52;/h15-16,21-29,31-33,53,55H,17-18H2,1-14H3,(H,42,52)(H,43,57)(H,44,56)(H,45,58)(H,46,59);/q-2;/b16-15+;/t21-,22+,23+,24-,25+,26+,27+,28+,29-,31+,32+,33-;/m1./s1. The Hall–Kier alpha value is -4.67. The summed E-state index contributed by atoms with van der Waals surface area (Å²) in [6.45, 7) is 14.2. The van der Waals surface area contributed by atoms with E-state index in [9.17, 15) is 63.0 Å². The number of hydrogen-bond acceptors (Lipinski definition) is 13. The van der Waals surface area contributed by atoms with Crippen molar-refractivity contribution in [1.82, 2.24) is 46.2 Å². The van der Waals surface area contributed by atoms with Gasteiger partial charge < -0.3 is 66.0 Å². The summed E-state index contributed by atoms with van der Waals surface area (Å²) in [6, 6.07) is -11.3. The summed E-state index contributed by atoms with van der Waals surface area (Å²) in [5, 5.41) is 33.4. The number of nitrogens with zero attached hydrogens (tertiary/aromatic N) is 4. The fourth-order valence-corrected chi connectivity index (χ4v) is 6.03. The van der Waals surface area contributed by atoms with Crippen molar-refractivity contribution in [1.29, 1.82) is 0 Å². The van der Waals surface area contributed by atoms with Crippen LogP contribution in [0.2, 0.25) is 0 Å². The Morgan fingerprint density at radius 3 is 1.41 bits per heavy atom. The van der Waals surface area contributed by atoms with Crippen molar-refractivity contribution < 1.29 is 95.7 Å². The van der Waals surface area contributed by atoms with E-state index in [0.717, 1.165) is 19.6 Å². The summed E-state index contributed by atoms with van der Waals surface area (Å²) in [6.07, 6.45) is 2.90. The molecule has 0 aliphatic heterocycles. The van der Waals surface area contributed by atoms with Gasteiger partial charge in [-0.15, -0.1) is 0 Å². The van der Waals surface area contributed by atoms with Crippen molar-refractivity contribution in [2.24, 2.45) is 5.92 Å². The van der Waals surface area contributed by atoms with Crippen LogP contribution in [0.25, 0.3) is 0 Å². The summed E-state index contributed by atoms with van der Waals surface area (Å²) in [5.41, 5.74) is 0. The third-order valence-corrected chi connectivity index (χ3v) is 10.8. The molecule has 1 radical (unpaired) electrons. The molecule has 0 fully saturated rings. The Balaban J connectivity index is 0. The number of carbonyl (C=O) groups is 9. The summed E-state index contributed by atoms with van der Waals surface area (Å²) in [7, 11) is 5.13. The Bertz CT molecular complexity index is 1700. The molecule has 0 saturated carbocycles. The molecule has 359 valence electrons. The van der Waals surface area contributed by atoms with Crippen molar-refractivity contribution in [3.8, 4) is 0 Å². The number of amides is 9. The Morgan fingerprint density at radius 1 is 0.562 bits per heavy atom. The minimum absolute atomic E-state index is 0. The van der Waals surface area contributed by atoms with E-state index in [0.29, 0.717) is 6.42 Å². The number of carbonyl (C=O) groups excluding carboxylic acids is 11. The molecule has 0 aliphatic rings. The largest absolute Gasteiger partial charge is 0.541 e. The topological polar surface area (TPSA) is 301 Å². The molecule has 0 rings (SSSR count). The molecule has 0 aliphatic carbocycles.